The monoisotopic (exact) mass is 363 g/mol. The average molecular weight is 364 g/mol. The second-order valence-corrected chi connectivity index (χ2v) is 7.85. The summed E-state index contributed by atoms with van der Waals surface area (Å²) >= 11 is 0. The van der Waals surface area contributed by atoms with Gasteiger partial charge in [-0.3, -0.25) is 4.79 Å². The van der Waals surface area contributed by atoms with E-state index < -0.39 is 10.0 Å². The molecule has 7 nitrogen and oxygen atoms in total. The van der Waals surface area contributed by atoms with E-state index >= 15 is 0 Å². The number of carbonyl (C=O) groups excluding carboxylic acids is 1. The lowest BCUT2D eigenvalue weighted by molar-refractivity contribution is 0.0758. The SMILES string of the molecule is Cc1oc(C(=O)N2CC[C@@H](N)C2)cc1S(=O)(=O)N1CCCC1.Cl. The molecule has 9 heteroatoms. The van der Waals surface area contributed by atoms with Crippen molar-refractivity contribution in [3.8, 4) is 0 Å². The van der Waals surface area contributed by atoms with Crippen LogP contribution in [0.1, 0.15) is 35.6 Å². The first-order chi connectivity index (χ1) is 10.4. The molecule has 2 N–H and O–H groups in total. The van der Waals surface area contributed by atoms with E-state index in [1.165, 1.54) is 10.4 Å². The minimum atomic E-state index is -3.57. The average Bonchev–Trinajstić information content (AvgIpc) is 3.17. The van der Waals surface area contributed by atoms with Crippen LogP contribution in [0.3, 0.4) is 0 Å². The zero-order valence-electron chi connectivity index (χ0n) is 13.0. The summed E-state index contributed by atoms with van der Waals surface area (Å²) in [6.45, 7) is 3.69. The van der Waals surface area contributed by atoms with E-state index in [9.17, 15) is 13.2 Å². The molecule has 1 atom stereocenters. The van der Waals surface area contributed by atoms with Crippen molar-refractivity contribution >= 4 is 28.3 Å². The normalized spacial score (nSPS) is 22.3. The van der Waals surface area contributed by atoms with Crippen LogP contribution in [0.25, 0.3) is 0 Å². The number of furan rings is 1. The van der Waals surface area contributed by atoms with Gasteiger partial charge >= 0.3 is 0 Å². The highest BCUT2D eigenvalue weighted by atomic mass is 35.5. The Balaban J connectivity index is 0.00000192. The predicted molar refractivity (Wildman–Crippen MR) is 87.2 cm³/mol. The molecule has 0 unspecified atom stereocenters. The number of amides is 1. The van der Waals surface area contributed by atoms with Gasteiger partial charge in [0, 0.05) is 38.3 Å². The third-order valence-corrected chi connectivity index (χ3v) is 6.28. The molecule has 2 aliphatic heterocycles. The van der Waals surface area contributed by atoms with Crippen molar-refractivity contribution in [2.75, 3.05) is 26.2 Å². The molecule has 130 valence electrons. The molecular formula is C14H22ClN3O4S. The number of halogens is 1. The first kappa shape index (κ1) is 18.3. The van der Waals surface area contributed by atoms with Crippen molar-refractivity contribution in [2.24, 2.45) is 5.73 Å². The maximum absolute atomic E-state index is 12.6. The van der Waals surface area contributed by atoms with Gasteiger partial charge in [-0.15, -0.1) is 12.4 Å². The van der Waals surface area contributed by atoms with E-state index in [0.29, 0.717) is 26.2 Å². The van der Waals surface area contributed by atoms with Crippen LogP contribution < -0.4 is 5.73 Å². The van der Waals surface area contributed by atoms with Crippen molar-refractivity contribution in [1.29, 1.82) is 0 Å². The molecule has 0 saturated carbocycles. The van der Waals surface area contributed by atoms with Crippen molar-refractivity contribution in [3.63, 3.8) is 0 Å². The highest BCUT2D eigenvalue weighted by Crippen LogP contribution is 2.27. The lowest BCUT2D eigenvalue weighted by Gasteiger charge is -2.14. The fraction of sp³-hybridized carbons (Fsp3) is 0.643. The maximum atomic E-state index is 12.6. The standard InChI is InChI=1S/C14H21N3O4S.ClH/c1-10-13(22(19,20)17-5-2-3-6-17)8-12(21-10)14(18)16-7-4-11(15)9-16;/h8,11H,2-7,9,15H2,1H3;1H/t11-;/m1./s1. The Labute approximate surface area is 142 Å². The Morgan fingerprint density at radius 1 is 1.30 bits per heavy atom. The van der Waals surface area contributed by atoms with Crippen LogP contribution in [-0.4, -0.2) is 55.8 Å². The molecule has 3 rings (SSSR count). The maximum Gasteiger partial charge on any atom is 0.289 e. The van der Waals surface area contributed by atoms with Gasteiger partial charge in [0.25, 0.3) is 5.91 Å². The number of rotatable bonds is 3. The van der Waals surface area contributed by atoms with E-state index in [1.54, 1.807) is 11.8 Å². The number of hydrogen-bond donors (Lipinski definition) is 1. The van der Waals surface area contributed by atoms with Gasteiger partial charge in [-0.25, -0.2) is 8.42 Å². The molecular weight excluding hydrogens is 342 g/mol. The molecule has 1 amide bonds. The molecule has 0 aromatic carbocycles. The summed E-state index contributed by atoms with van der Waals surface area (Å²) < 4.78 is 32.1. The number of nitrogens with zero attached hydrogens (tertiary/aromatic N) is 2. The van der Waals surface area contributed by atoms with Crippen LogP contribution in [0.5, 0.6) is 0 Å². The number of likely N-dealkylation sites (tertiary alicyclic amines) is 1. The van der Waals surface area contributed by atoms with Gasteiger partial charge in [-0.1, -0.05) is 0 Å². The fourth-order valence-corrected chi connectivity index (χ4v) is 4.70. The summed E-state index contributed by atoms with van der Waals surface area (Å²) in [6, 6.07) is 1.34. The van der Waals surface area contributed by atoms with Crippen LogP contribution in [0, 0.1) is 6.92 Å². The molecule has 2 fully saturated rings. The van der Waals surface area contributed by atoms with Gasteiger partial charge < -0.3 is 15.1 Å². The smallest absolute Gasteiger partial charge is 0.289 e. The fourth-order valence-electron chi connectivity index (χ4n) is 3.02. The van der Waals surface area contributed by atoms with Crippen molar-refractivity contribution in [3.05, 3.63) is 17.6 Å². The summed E-state index contributed by atoms with van der Waals surface area (Å²) in [6.07, 6.45) is 2.49. The van der Waals surface area contributed by atoms with Crippen molar-refractivity contribution in [2.45, 2.75) is 37.1 Å². The van der Waals surface area contributed by atoms with Gasteiger partial charge in [0.05, 0.1) is 0 Å². The van der Waals surface area contributed by atoms with Crippen LogP contribution in [0.2, 0.25) is 0 Å². The highest BCUT2D eigenvalue weighted by Gasteiger charge is 2.33. The van der Waals surface area contributed by atoms with Crippen molar-refractivity contribution < 1.29 is 17.6 Å². The highest BCUT2D eigenvalue weighted by molar-refractivity contribution is 7.89. The van der Waals surface area contributed by atoms with Gasteiger partial charge in [-0.05, 0) is 26.2 Å². The van der Waals surface area contributed by atoms with Crippen molar-refractivity contribution in [1.82, 2.24) is 9.21 Å². The molecule has 1 aromatic heterocycles. The molecule has 0 aliphatic carbocycles. The number of nitrogens with two attached hydrogens (primary N) is 1. The molecule has 1 aromatic rings. The molecule has 0 spiro atoms. The molecule has 0 bridgehead atoms. The van der Waals surface area contributed by atoms with Crippen LogP contribution in [-0.2, 0) is 10.0 Å². The quantitative estimate of drug-likeness (QED) is 0.862. The zero-order chi connectivity index (χ0) is 15.9. The number of hydrogen-bond acceptors (Lipinski definition) is 5. The van der Waals surface area contributed by atoms with Crippen LogP contribution in [0.4, 0.5) is 0 Å². The first-order valence-electron chi connectivity index (χ1n) is 7.55. The predicted octanol–water partition coefficient (Wildman–Crippen LogP) is 0.968. The van der Waals surface area contributed by atoms with Crippen LogP contribution in [0.15, 0.2) is 15.4 Å². The third-order valence-electron chi connectivity index (χ3n) is 4.28. The first-order valence-corrected chi connectivity index (χ1v) is 8.99. The zero-order valence-corrected chi connectivity index (χ0v) is 14.7. The van der Waals surface area contributed by atoms with Crippen LogP contribution >= 0.6 is 12.4 Å². The number of aryl methyl sites for hydroxylation is 1. The Morgan fingerprint density at radius 3 is 2.52 bits per heavy atom. The topological polar surface area (TPSA) is 96.8 Å². The summed E-state index contributed by atoms with van der Waals surface area (Å²) in [7, 11) is -3.57. The second kappa shape index (κ2) is 6.80. The molecule has 0 radical (unpaired) electrons. The van der Waals surface area contributed by atoms with E-state index in [2.05, 4.69) is 0 Å². The summed E-state index contributed by atoms with van der Waals surface area (Å²) in [4.78, 5) is 14.1. The van der Waals surface area contributed by atoms with E-state index in [-0.39, 0.29) is 40.8 Å². The Morgan fingerprint density at radius 2 is 1.96 bits per heavy atom. The van der Waals surface area contributed by atoms with Gasteiger partial charge in [0.1, 0.15) is 10.7 Å². The second-order valence-electron chi connectivity index (χ2n) is 5.94. The van der Waals surface area contributed by atoms with E-state index in [1.807, 2.05) is 0 Å². The molecule has 23 heavy (non-hydrogen) atoms. The van der Waals surface area contributed by atoms with E-state index in [4.69, 9.17) is 10.2 Å². The lowest BCUT2D eigenvalue weighted by atomic mass is 10.3. The molecule has 3 heterocycles. The summed E-state index contributed by atoms with van der Waals surface area (Å²) in [5.74, 6) is 0.0436. The Kier molecular flexibility index (Phi) is 5.40. The van der Waals surface area contributed by atoms with Gasteiger partial charge in [0.15, 0.2) is 5.76 Å². The third kappa shape index (κ3) is 3.40. The number of sulfonamides is 1. The Bertz CT molecular complexity index is 682. The Hall–Kier alpha value is -1.09. The summed E-state index contributed by atoms with van der Waals surface area (Å²) in [5.41, 5.74) is 5.80. The molecule has 2 saturated heterocycles. The minimum Gasteiger partial charge on any atom is -0.455 e. The van der Waals surface area contributed by atoms with Gasteiger partial charge in [-0.2, -0.15) is 4.31 Å². The minimum absolute atomic E-state index is 0. The van der Waals surface area contributed by atoms with Gasteiger partial charge in [0.2, 0.25) is 10.0 Å². The lowest BCUT2D eigenvalue weighted by Crippen LogP contribution is -2.31. The number of carbonyl (C=O) groups is 1. The molecule has 2 aliphatic rings. The van der Waals surface area contributed by atoms with E-state index in [0.717, 1.165) is 19.3 Å². The largest absolute Gasteiger partial charge is 0.455 e. The summed E-state index contributed by atoms with van der Waals surface area (Å²) in [5, 5.41) is 0.